The highest BCUT2D eigenvalue weighted by Crippen LogP contribution is 2.17. The number of aryl methyl sites for hydroxylation is 2. The maximum Gasteiger partial charge on any atom is 0.220 e. The van der Waals surface area contributed by atoms with Gasteiger partial charge in [0.05, 0.1) is 6.61 Å². The van der Waals surface area contributed by atoms with Crippen LogP contribution in [0.3, 0.4) is 0 Å². The van der Waals surface area contributed by atoms with E-state index in [0.29, 0.717) is 32.6 Å². The van der Waals surface area contributed by atoms with Crippen molar-refractivity contribution in [3.05, 3.63) is 46.8 Å². The molecule has 2 rings (SSSR count). The minimum absolute atomic E-state index is 0.00782. The van der Waals surface area contributed by atoms with E-state index in [0.717, 1.165) is 33.4 Å². The second-order valence-electron chi connectivity index (χ2n) is 6.13. The summed E-state index contributed by atoms with van der Waals surface area (Å²) in [6.45, 7) is 5.46. The number of hydrogen-bond donors (Lipinski definition) is 1. The van der Waals surface area contributed by atoms with Gasteiger partial charge in [-0.25, -0.2) is 9.97 Å². The molecule has 1 aromatic heterocycles. The Hall–Kier alpha value is -2.12. The second-order valence-corrected chi connectivity index (χ2v) is 6.90. The Balaban J connectivity index is 1.84. The highest BCUT2D eigenvalue weighted by atomic mass is 32.2. The Labute approximate surface area is 165 Å². The van der Waals surface area contributed by atoms with Crippen LogP contribution in [0.5, 0.6) is 5.75 Å². The van der Waals surface area contributed by atoms with Gasteiger partial charge in [-0.1, -0.05) is 23.9 Å². The fraction of sp³-hybridized carbons (Fsp3) is 0.450. The van der Waals surface area contributed by atoms with Crippen molar-refractivity contribution in [1.29, 1.82) is 0 Å². The minimum Gasteiger partial charge on any atom is -0.491 e. The zero-order valence-electron chi connectivity index (χ0n) is 16.4. The SMILES string of the molecule is COCCOc1cccc(CNC(=O)CCc2c(C)nc(SC)nc2C)c1. The number of carbonyl (C=O) groups excluding carboxylic acids is 1. The van der Waals surface area contributed by atoms with E-state index in [1.54, 1.807) is 7.11 Å². The number of aromatic nitrogens is 2. The Morgan fingerprint density at radius 3 is 2.59 bits per heavy atom. The monoisotopic (exact) mass is 389 g/mol. The molecule has 1 N–H and O–H groups in total. The predicted molar refractivity (Wildman–Crippen MR) is 107 cm³/mol. The van der Waals surface area contributed by atoms with Crippen LogP contribution in [0.4, 0.5) is 0 Å². The summed E-state index contributed by atoms with van der Waals surface area (Å²) in [5.41, 5.74) is 3.94. The summed E-state index contributed by atoms with van der Waals surface area (Å²) in [5.74, 6) is 0.782. The number of carbonyl (C=O) groups is 1. The lowest BCUT2D eigenvalue weighted by Gasteiger charge is -2.11. The van der Waals surface area contributed by atoms with Crippen LogP contribution in [0.15, 0.2) is 29.4 Å². The molecular weight excluding hydrogens is 362 g/mol. The lowest BCUT2D eigenvalue weighted by molar-refractivity contribution is -0.121. The maximum absolute atomic E-state index is 12.2. The van der Waals surface area contributed by atoms with Gasteiger partial charge in [0.15, 0.2) is 5.16 Å². The summed E-state index contributed by atoms with van der Waals surface area (Å²) in [5, 5.41) is 3.73. The number of rotatable bonds is 10. The lowest BCUT2D eigenvalue weighted by atomic mass is 10.1. The van der Waals surface area contributed by atoms with E-state index in [4.69, 9.17) is 9.47 Å². The van der Waals surface area contributed by atoms with Gasteiger partial charge in [-0.2, -0.15) is 0 Å². The normalized spacial score (nSPS) is 10.7. The van der Waals surface area contributed by atoms with Gasteiger partial charge >= 0.3 is 0 Å². The minimum atomic E-state index is 0.00782. The van der Waals surface area contributed by atoms with Gasteiger partial charge in [-0.05, 0) is 49.8 Å². The molecule has 0 aliphatic rings. The highest BCUT2D eigenvalue weighted by Gasteiger charge is 2.10. The molecule has 0 fully saturated rings. The van der Waals surface area contributed by atoms with E-state index in [1.807, 2.05) is 44.4 Å². The predicted octanol–water partition coefficient (Wildman–Crippen LogP) is 3.09. The molecule has 27 heavy (non-hydrogen) atoms. The topological polar surface area (TPSA) is 73.3 Å². The van der Waals surface area contributed by atoms with Crippen LogP contribution in [0.1, 0.15) is 28.9 Å². The smallest absolute Gasteiger partial charge is 0.220 e. The van der Waals surface area contributed by atoms with Crippen molar-refractivity contribution in [1.82, 2.24) is 15.3 Å². The first-order chi connectivity index (χ1) is 13.0. The molecule has 0 aliphatic carbocycles. The first-order valence-corrected chi connectivity index (χ1v) is 10.1. The van der Waals surface area contributed by atoms with Crippen molar-refractivity contribution in [2.45, 2.75) is 38.4 Å². The second kappa shape index (κ2) is 10.9. The molecule has 7 heteroatoms. The average molecular weight is 390 g/mol. The molecular formula is C20H27N3O3S. The zero-order chi connectivity index (χ0) is 19.6. The molecule has 1 amide bonds. The third-order valence-corrected chi connectivity index (χ3v) is 4.68. The summed E-state index contributed by atoms with van der Waals surface area (Å²) in [7, 11) is 1.64. The third-order valence-electron chi connectivity index (χ3n) is 4.13. The molecule has 0 spiro atoms. The van der Waals surface area contributed by atoms with E-state index in [9.17, 15) is 4.79 Å². The van der Waals surface area contributed by atoms with Crippen LogP contribution in [0, 0.1) is 13.8 Å². The van der Waals surface area contributed by atoms with Gasteiger partial charge in [0.25, 0.3) is 0 Å². The molecule has 146 valence electrons. The van der Waals surface area contributed by atoms with Gasteiger partial charge in [0, 0.05) is 31.5 Å². The molecule has 0 atom stereocenters. The number of ether oxygens (including phenoxy) is 2. The van der Waals surface area contributed by atoms with Crippen LogP contribution < -0.4 is 10.1 Å². The van der Waals surface area contributed by atoms with Gasteiger partial charge in [0.1, 0.15) is 12.4 Å². The van der Waals surface area contributed by atoms with Crippen molar-refractivity contribution in [3.8, 4) is 5.75 Å². The molecule has 2 aromatic rings. The summed E-state index contributed by atoms with van der Waals surface area (Å²) in [4.78, 5) is 21.2. The number of benzene rings is 1. The molecule has 0 saturated heterocycles. The Bertz CT molecular complexity index is 745. The number of amides is 1. The van der Waals surface area contributed by atoms with E-state index < -0.39 is 0 Å². The molecule has 0 aliphatic heterocycles. The summed E-state index contributed by atoms with van der Waals surface area (Å²) >= 11 is 1.52. The maximum atomic E-state index is 12.2. The molecule has 0 saturated carbocycles. The fourth-order valence-electron chi connectivity index (χ4n) is 2.68. The lowest BCUT2D eigenvalue weighted by Crippen LogP contribution is -2.23. The van der Waals surface area contributed by atoms with Gasteiger partial charge < -0.3 is 14.8 Å². The van der Waals surface area contributed by atoms with Gasteiger partial charge in [-0.3, -0.25) is 4.79 Å². The Morgan fingerprint density at radius 1 is 1.19 bits per heavy atom. The number of methoxy groups -OCH3 is 1. The Morgan fingerprint density at radius 2 is 1.93 bits per heavy atom. The van der Waals surface area contributed by atoms with Crippen molar-refractivity contribution < 1.29 is 14.3 Å². The van der Waals surface area contributed by atoms with E-state index in [2.05, 4.69) is 15.3 Å². The van der Waals surface area contributed by atoms with Crippen molar-refractivity contribution >= 4 is 17.7 Å². The number of nitrogens with zero attached hydrogens (tertiary/aromatic N) is 2. The highest BCUT2D eigenvalue weighted by molar-refractivity contribution is 7.98. The Kier molecular flexibility index (Phi) is 8.54. The zero-order valence-corrected chi connectivity index (χ0v) is 17.2. The van der Waals surface area contributed by atoms with Crippen molar-refractivity contribution in [3.63, 3.8) is 0 Å². The third kappa shape index (κ3) is 6.84. The van der Waals surface area contributed by atoms with Crippen LogP contribution in [-0.4, -0.2) is 42.5 Å². The van der Waals surface area contributed by atoms with E-state index >= 15 is 0 Å². The van der Waals surface area contributed by atoms with Gasteiger partial charge in [-0.15, -0.1) is 0 Å². The van der Waals surface area contributed by atoms with E-state index in [1.165, 1.54) is 11.8 Å². The number of thioether (sulfide) groups is 1. The quantitative estimate of drug-likeness (QED) is 0.382. The average Bonchev–Trinajstić information content (AvgIpc) is 2.66. The first kappa shape index (κ1) is 21.2. The number of hydrogen-bond acceptors (Lipinski definition) is 6. The fourth-order valence-corrected chi connectivity index (χ4v) is 3.13. The summed E-state index contributed by atoms with van der Waals surface area (Å²) < 4.78 is 10.6. The standard InChI is InChI=1S/C20H27N3O3S/c1-14-18(15(2)23-20(22-14)27-4)8-9-19(24)21-13-16-6-5-7-17(12-16)26-11-10-25-3/h5-7,12H,8-11,13H2,1-4H3,(H,21,24). The molecule has 0 radical (unpaired) electrons. The summed E-state index contributed by atoms with van der Waals surface area (Å²) in [6.07, 6.45) is 3.00. The van der Waals surface area contributed by atoms with Gasteiger partial charge in [0.2, 0.25) is 5.91 Å². The molecule has 1 heterocycles. The molecule has 6 nitrogen and oxygen atoms in total. The number of nitrogens with one attached hydrogen (secondary N) is 1. The largest absolute Gasteiger partial charge is 0.491 e. The van der Waals surface area contributed by atoms with Crippen LogP contribution in [0.2, 0.25) is 0 Å². The molecule has 1 aromatic carbocycles. The van der Waals surface area contributed by atoms with Crippen molar-refractivity contribution in [2.24, 2.45) is 0 Å². The van der Waals surface area contributed by atoms with Crippen LogP contribution in [0.25, 0.3) is 0 Å². The van der Waals surface area contributed by atoms with Crippen LogP contribution in [-0.2, 0) is 22.5 Å². The van der Waals surface area contributed by atoms with Crippen LogP contribution >= 0.6 is 11.8 Å². The summed E-state index contributed by atoms with van der Waals surface area (Å²) in [6, 6.07) is 7.71. The molecule has 0 unspecified atom stereocenters. The van der Waals surface area contributed by atoms with E-state index in [-0.39, 0.29) is 5.91 Å². The van der Waals surface area contributed by atoms with Crippen molar-refractivity contribution in [2.75, 3.05) is 26.6 Å². The first-order valence-electron chi connectivity index (χ1n) is 8.89. The molecule has 0 bridgehead atoms.